The van der Waals surface area contributed by atoms with Gasteiger partial charge in [-0.05, 0) is 38.5 Å². The molecule has 4 nitrogen and oxygen atoms in total. The molecule has 110 valence electrons. The van der Waals surface area contributed by atoms with Crippen LogP contribution < -0.4 is 10.6 Å². The first-order valence-corrected chi connectivity index (χ1v) is 7.36. The molecule has 20 heavy (non-hydrogen) atoms. The smallest absolute Gasteiger partial charge is 0.238 e. The highest BCUT2D eigenvalue weighted by Crippen LogP contribution is 2.20. The van der Waals surface area contributed by atoms with Gasteiger partial charge in [-0.25, -0.2) is 0 Å². The molecule has 1 aliphatic heterocycles. The maximum Gasteiger partial charge on any atom is 0.238 e. The number of amides is 1. The maximum absolute atomic E-state index is 12.1. The third-order valence-corrected chi connectivity index (χ3v) is 3.71. The predicted octanol–water partition coefficient (Wildman–Crippen LogP) is 2.27. The van der Waals surface area contributed by atoms with Crippen molar-refractivity contribution in [1.29, 1.82) is 0 Å². The third kappa shape index (κ3) is 4.20. The van der Waals surface area contributed by atoms with Crippen molar-refractivity contribution in [2.24, 2.45) is 0 Å². The molecule has 1 saturated heterocycles. The molecular formula is C15H22ClN3O. The first kappa shape index (κ1) is 15.3. The van der Waals surface area contributed by atoms with Crippen molar-refractivity contribution in [3.63, 3.8) is 0 Å². The molecule has 0 bridgehead atoms. The van der Waals surface area contributed by atoms with E-state index in [1.807, 2.05) is 19.1 Å². The van der Waals surface area contributed by atoms with Crippen LogP contribution in [0.15, 0.2) is 18.2 Å². The van der Waals surface area contributed by atoms with Crippen molar-refractivity contribution in [3.05, 3.63) is 28.8 Å². The molecule has 1 aromatic carbocycles. The Kier molecular flexibility index (Phi) is 5.02. The Morgan fingerprint density at radius 2 is 2.05 bits per heavy atom. The van der Waals surface area contributed by atoms with Gasteiger partial charge in [-0.15, -0.1) is 0 Å². The first-order chi connectivity index (χ1) is 9.44. The SMILES string of the molecule is Cc1ccc(Cl)cc1NC(=O)CN1CC(C)NC(C)C1. The topological polar surface area (TPSA) is 44.4 Å². The van der Waals surface area contributed by atoms with E-state index in [1.165, 1.54) is 0 Å². The van der Waals surface area contributed by atoms with Crippen molar-refractivity contribution >= 4 is 23.2 Å². The highest BCUT2D eigenvalue weighted by Gasteiger charge is 2.22. The van der Waals surface area contributed by atoms with Crippen LogP contribution in [0.25, 0.3) is 0 Å². The lowest BCUT2D eigenvalue weighted by Crippen LogP contribution is -2.55. The van der Waals surface area contributed by atoms with Crippen molar-refractivity contribution in [3.8, 4) is 0 Å². The minimum atomic E-state index is 0.0108. The fraction of sp³-hybridized carbons (Fsp3) is 0.533. The van der Waals surface area contributed by atoms with Gasteiger partial charge in [0, 0.05) is 35.9 Å². The zero-order valence-corrected chi connectivity index (χ0v) is 13.0. The van der Waals surface area contributed by atoms with E-state index in [0.29, 0.717) is 23.7 Å². The summed E-state index contributed by atoms with van der Waals surface area (Å²) in [5.41, 5.74) is 1.81. The standard InChI is InChI=1S/C15H22ClN3O/c1-10-4-5-13(16)6-14(10)18-15(20)9-19-7-11(2)17-12(3)8-19/h4-6,11-12,17H,7-9H2,1-3H3,(H,18,20). The van der Waals surface area contributed by atoms with E-state index < -0.39 is 0 Å². The molecule has 1 fully saturated rings. The zero-order chi connectivity index (χ0) is 14.7. The normalized spacial score (nSPS) is 23.6. The van der Waals surface area contributed by atoms with Crippen molar-refractivity contribution in [1.82, 2.24) is 10.2 Å². The number of hydrogen-bond donors (Lipinski definition) is 2. The number of nitrogens with zero attached hydrogens (tertiary/aromatic N) is 1. The maximum atomic E-state index is 12.1. The lowest BCUT2D eigenvalue weighted by Gasteiger charge is -2.35. The summed E-state index contributed by atoms with van der Waals surface area (Å²) in [6.07, 6.45) is 0. The minimum absolute atomic E-state index is 0.0108. The van der Waals surface area contributed by atoms with Gasteiger partial charge in [0.25, 0.3) is 0 Å². The average Bonchev–Trinajstić information content (AvgIpc) is 2.32. The Hall–Kier alpha value is -1.10. The molecule has 2 rings (SSSR count). The summed E-state index contributed by atoms with van der Waals surface area (Å²) >= 11 is 5.96. The molecule has 2 atom stereocenters. The van der Waals surface area contributed by atoms with E-state index >= 15 is 0 Å². The van der Waals surface area contributed by atoms with E-state index in [9.17, 15) is 4.79 Å². The van der Waals surface area contributed by atoms with Crippen molar-refractivity contribution in [2.75, 3.05) is 25.0 Å². The molecule has 0 saturated carbocycles. The summed E-state index contributed by atoms with van der Waals surface area (Å²) in [7, 11) is 0. The van der Waals surface area contributed by atoms with E-state index in [2.05, 4.69) is 29.4 Å². The first-order valence-electron chi connectivity index (χ1n) is 6.98. The van der Waals surface area contributed by atoms with Crippen LogP contribution in [0.4, 0.5) is 5.69 Å². The molecule has 2 unspecified atom stereocenters. The minimum Gasteiger partial charge on any atom is -0.325 e. The van der Waals surface area contributed by atoms with Crippen LogP contribution in [0.1, 0.15) is 19.4 Å². The average molecular weight is 296 g/mol. The summed E-state index contributed by atoms with van der Waals surface area (Å²) in [6.45, 7) is 8.45. The molecule has 5 heteroatoms. The molecular weight excluding hydrogens is 274 g/mol. The summed E-state index contributed by atoms with van der Waals surface area (Å²) in [4.78, 5) is 14.3. The van der Waals surface area contributed by atoms with Gasteiger partial charge in [0.2, 0.25) is 5.91 Å². The van der Waals surface area contributed by atoms with Gasteiger partial charge < -0.3 is 10.6 Å². The number of halogens is 1. The van der Waals surface area contributed by atoms with Gasteiger partial charge in [-0.2, -0.15) is 0 Å². The summed E-state index contributed by atoms with van der Waals surface area (Å²) in [5, 5.41) is 7.03. The molecule has 0 radical (unpaired) electrons. The van der Waals surface area contributed by atoms with Gasteiger partial charge >= 0.3 is 0 Å². The number of benzene rings is 1. The fourth-order valence-corrected chi connectivity index (χ4v) is 2.86. The third-order valence-electron chi connectivity index (χ3n) is 3.47. The van der Waals surface area contributed by atoms with Crippen molar-refractivity contribution < 1.29 is 4.79 Å². The second-order valence-corrected chi connectivity index (χ2v) is 6.11. The molecule has 0 aliphatic carbocycles. The Morgan fingerprint density at radius 3 is 2.70 bits per heavy atom. The number of nitrogens with one attached hydrogen (secondary N) is 2. The molecule has 0 aromatic heterocycles. The Morgan fingerprint density at radius 1 is 1.40 bits per heavy atom. The van der Waals surface area contributed by atoms with Gasteiger partial charge in [0.15, 0.2) is 0 Å². The van der Waals surface area contributed by atoms with E-state index in [1.54, 1.807) is 6.07 Å². The van der Waals surface area contributed by atoms with Crippen LogP contribution >= 0.6 is 11.6 Å². The lowest BCUT2D eigenvalue weighted by molar-refractivity contribution is -0.117. The Balaban J connectivity index is 1.93. The Bertz CT molecular complexity index is 482. The Labute approximate surface area is 125 Å². The van der Waals surface area contributed by atoms with Crippen molar-refractivity contribution in [2.45, 2.75) is 32.9 Å². The fourth-order valence-electron chi connectivity index (χ4n) is 2.69. The van der Waals surface area contributed by atoms with Gasteiger partial charge in [0.1, 0.15) is 0 Å². The van der Waals surface area contributed by atoms with Crippen LogP contribution in [-0.4, -0.2) is 42.5 Å². The van der Waals surface area contributed by atoms with Gasteiger partial charge in [-0.1, -0.05) is 17.7 Å². The highest BCUT2D eigenvalue weighted by molar-refractivity contribution is 6.31. The molecule has 2 N–H and O–H groups in total. The van der Waals surface area contributed by atoms with Gasteiger partial charge in [-0.3, -0.25) is 9.69 Å². The van der Waals surface area contributed by atoms with Crippen LogP contribution in [0, 0.1) is 6.92 Å². The molecule has 1 amide bonds. The number of carbonyl (C=O) groups excluding carboxylic acids is 1. The van der Waals surface area contributed by atoms with Crippen LogP contribution in [0.2, 0.25) is 5.02 Å². The highest BCUT2D eigenvalue weighted by atomic mass is 35.5. The number of hydrogen-bond acceptors (Lipinski definition) is 3. The van der Waals surface area contributed by atoms with E-state index in [0.717, 1.165) is 24.3 Å². The second-order valence-electron chi connectivity index (χ2n) is 5.67. The lowest BCUT2D eigenvalue weighted by atomic mass is 10.1. The van der Waals surface area contributed by atoms with Crippen LogP contribution in [-0.2, 0) is 4.79 Å². The largest absolute Gasteiger partial charge is 0.325 e. The number of rotatable bonds is 3. The van der Waals surface area contributed by atoms with E-state index in [4.69, 9.17) is 11.6 Å². The molecule has 0 spiro atoms. The number of piperazine rings is 1. The van der Waals surface area contributed by atoms with Gasteiger partial charge in [0.05, 0.1) is 6.54 Å². The molecule has 1 aliphatic rings. The molecule has 1 aromatic rings. The quantitative estimate of drug-likeness (QED) is 0.899. The number of aryl methyl sites for hydroxylation is 1. The zero-order valence-electron chi connectivity index (χ0n) is 12.2. The second kappa shape index (κ2) is 6.57. The van der Waals surface area contributed by atoms with Crippen LogP contribution in [0.5, 0.6) is 0 Å². The van der Waals surface area contributed by atoms with Crippen LogP contribution in [0.3, 0.4) is 0 Å². The predicted molar refractivity (Wildman–Crippen MR) is 83.3 cm³/mol. The monoisotopic (exact) mass is 295 g/mol. The summed E-state index contributed by atoms with van der Waals surface area (Å²) in [6, 6.07) is 6.36. The number of carbonyl (C=O) groups is 1. The summed E-state index contributed by atoms with van der Waals surface area (Å²) in [5.74, 6) is 0.0108. The molecule has 1 heterocycles. The number of anilines is 1. The summed E-state index contributed by atoms with van der Waals surface area (Å²) < 4.78 is 0. The van der Waals surface area contributed by atoms with E-state index in [-0.39, 0.29) is 5.91 Å².